The Morgan fingerprint density at radius 1 is 1.37 bits per heavy atom. The third-order valence-corrected chi connectivity index (χ3v) is 6.76. The second-order valence-electron chi connectivity index (χ2n) is 6.43. The molecular formula is C16H22FN5O3S2. The van der Waals surface area contributed by atoms with E-state index in [-0.39, 0.29) is 11.7 Å². The molecule has 0 amide bonds. The summed E-state index contributed by atoms with van der Waals surface area (Å²) in [4.78, 5) is 13.4. The van der Waals surface area contributed by atoms with Crippen LogP contribution >= 0.6 is 11.3 Å². The zero-order valence-electron chi connectivity index (χ0n) is 15.4. The summed E-state index contributed by atoms with van der Waals surface area (Å²) in [6.45, 7) is 3.06. The number of halogens is 1. The molecule has 2 aromatic rings. The van der Waals surface area contributed by atoms with Gasteiger partial charge in [0.25, 0.3) is 0 Å². The molecule has 1 aliphatic heterocycles. The number of anilines is 1. The molecule has 0 spiro atoms. The van der Waals surface area contributed by atoms with E-state index in [9.17, 15) is 12.8 Å². The summed E-state index contributed by atoms with van der Waals surface area (Å²) in [5.41, 5.74) is 0.899. The van der Waals surface area contributed by atoms with E-state index < -0.39 is 15.8 Å². The first-order chi connectivity index (χ1) is 12.8. The molecule has 0 aromatic carbocycles. The van der Waals surface area contributed by atoms with Gasteiger partial charge in [0.15, 0.2) is 5.82 Å². The molecule has 1 N–H and O–H groups in total. The van der Waals surface area contributed by atoms with Gasteiger partial charge in [-0.3, -0.25) is 0 Å². The molecule has 1 fully saturated rings. The molecule has 0 unspecified atom stereocenters. The van der Waals surface area contributed by atoms with Crippen molar-refractivity contribution in [2.45, 2.75) is 32.4 Å². The minimum atomic E-state index is -3.17. The first-order valence-electron chi connectivity index (χ1n) is 8.47. The maximum atomic E-state index is 14.3. The third-order valence-electron chi connectivity index (χ3n) is 4.32. The molecule has 0 saturated carbocycles. The van der Waals surface area contributed by atoms with Crippen LogP contribution in [0.25, 0.3) is 10.6 Å². The van der Waals surface area contributed by atoms with E-state index in [1.165, 1.54) is 21.9 Å². The lowest BCUT2D eigenvalue weighted by atomic mass is 10.1. The van der Waals surface area contributed by atoms with Gasteiger partial charge in [-0.1, -0.05) is 0 Å². The number of sulfonamides is 1. The van der Waals surface area contributed by atoms with Crippen LogP contribution in [-0.2, 0) is 21.4 Å². The number of thiazole rings is 1. The van der Waals surface area contributed by atoms with E-state index in [0.717, 1.165) is 11.2 Å². The zero-order valence-corrected chi connectivity index (χ0v) is 17.0. The van der Waals surface area contributed by atoms with Crippen molar-refractivity contribution in [1.82, 2.24) is 19.3 Å². The first kappa shape index (κ1) is 20.1. The van der Waals surface area contributed by atoms with Crippen molar-refractivity contribution in [2.24, 2.45) is 0 Å². The SMILES string of the molecule is COCc1nc(C)c(-c2nc(NC3CCN(S(C)(=O)=O)CC3)ncc2F)s1. The maximum Gasteiger partial charge on any atom is 0.223 e. The molecule has 8 nitrogen and oxygen atoms in total. The maximum absolute atomic E-state index is 14.3. The monoisotopic (exact) mass is 415 g/mol. The van der Waals surface area contributed by atoms with Gasteiger partial charge in [-0.15, -0.1) is 11.3 Å². The van der Waals surface area contributed by atoms with Crippen molar-refractivity contribution in [3.63, 3.8) is 0 Å². The van der Waals surface area contributed by atoms with Gasteiger partial charge in [0, 0.05) is 26.2 Å². The second-order valence-corrected chi connectivity index (χ2v) is 9.49. The van der Waals surface area contributed by atoms with Crippen LogP contribution in [0.5, 0.6) is 0 Å². The molecule has 3 rings (SSSR count). The molecule has 0 radical (unpaired) electrons. The Bertz CT molecular complexity index is 911. The topological polar surface area (TPSA) is 97.3 Å². The van der Waals surface area contributed by atoms with Crippen molar-refractivity contribution >= 4 is 27.3 Å². The molecule has 27 heavy (non-hydrogen) atoms. The van der Waals surface area contributed by atoms with E-state index in [4.69, 9.17) is 4.74 Å². The van der Waals surface area contributed by atoms with E-state index in [1.807, 2.05) is 0 Å². The summed E-state index contributed by atoms with van der Waals surface area (Å²) in [5, 5.41) is 3.95. The quantitative estimate of drug-likeness (QED) is 0.771. The van der Waals surface area contributed by atoms with Gasteiger partial charge in [0.2, 0.25) is 16.0 Å². The zero-order chi connectivity index (χ0) is 19.6. The summed E-state index contributed by atoms with van der Waals surface area (Å²) < 4.78 is 44.0. The minimum absolute atomic E-state index is 0.0351. The average Bonchev–Trinajstić information content (AvgIpc) is 2.97. The number of hydrogen-bond acceptors (Lipinski definition) is 8. The molecule has 3 heterocycles. The highest BCUT2D eigenvalue weighted by atomic mass is 32.2. The van der Waals surface area contributed by atoms with Gasteiger partial charge in [0.05, 0.1) is 29.6 Å². The van der Waals surface area contributed by atoms with Gasteiger partial charge in [-0.2, -0.15) is 0 Å². The normalized spacial score (nSPS) is 16.6. The number of rotatable bonds is 6. The first-order valence-corrected chi connectivity index (χ1v) is 11.1. The van der Waals surface area contributed by atoms with Crippen LogP contribution < -0.4 is 5.32 Å². The number of nitrogens with one attached hydrogen (secondary N) is 1. The highest BCUT2D eigenvalue weighted by Crippen LogP contribution is 2.31. The number of nitrogens with zero attached hydrogens (tertiary/aromatic N) is 4. The van der Waals surface area contributed by atoms with Crippen LogP contribution in [0.1, 0.15) is 23.5 Å². The molecule has 1 aliphatic rings. The summed E-state index contributed by atoms with van der Waals surface area (Å²) >= 11 is 1.34. The molecular weight excluding hydrogens is 393 g/mol. The van der Waals surface area contributed by atoms with Crippen LogP contribution in [0.15, 0.2) is 6.20 Å². The van der Waals surface area contributed by atoms with Crippen molar-refractivity contribution in [2.75, 3.05) is 31.8 Å². The molecule has 0 bridgehead atoms. The summed E-state index contributed by atoms with van der Waals surface area (Å²) in [5.74, 6) is -0.187. The Morgan fingerprint density at radius 3 is 2.70 bits per heavy atom. The Hall–Kier alpha value is -1.69. The molecule has 11 heteroatoms. The number of aromatic nitrogens is 3. The Balaban J connectivity index is 1.75. The summed E-state index contributed by atoms with van der Waals surface area (Å²) in [7, 11) is -1.59. The molecule has 0 aliphatic carbocycles. The Labute approximate surface area is 161 Å². The van der Waals surface area contributed by atoms with Gasteiger partial charge in [0.1, 0.15) is 10.7 Å². The van der Waals surface area contributed by atoms with E-state index in [1.54, 1.807) is 14.0 Å². The third kappa shape index (κ3) is 4.78. The summed E-state index contributed by atoms with van der Waals surface area (Å²) in [6.07, 6.45) is 3.64. The highest BCUT2D eigenvalue weighted by molar-refractivity contribution is 7.88. The van der Waals surface area contributed by atoms with Gasteiger partial charge in [-0.25, -0.2) is 32.1 Å². The average molecular weight is 416 g/mol. The largest absolute Gasteiger partial charge is 0.378 e. The van der Waals surface area contributed by atoms with E-state index in [2.05, 4.69) is 20.3 Å². The Morgan fingerprint density at radius 2 is 2.07 bits per heavy atom. The highest BCUT2D eigenvalue weighted by Gasteiger charge is 2.25. The standard InChI is InChI=1S/C16H22FN5O3S2/c1-10-15(26-13(19-10)9-25-2)14-12(17)8-18-16(21-14)20-11-4-6-22(7-5-11)27(3,23)24/h8,11H,4-7,9H2,1-3H3,(H,18,20,21). The molecule has 2 aromatic heterocycles. The van der Waals surface area contributed by atoms with Gasteiger partial charge < -0.3 is 10.1 Å². The lowest BCUT2D eigenvalue weighted by Gasteiger charge is -2.30. The number of hydrogen-bond donors (Lipinski definition) is 1. The fraction of sp³-hybridized carbons (Fsp3) is 0.562. The number of methoxy groups -OCH3 is 1. The lowest BCUT2D eigenvalue weighted by molar-refractivity contribution is 0.184. The number of aryl methyl sites for hydroxylation is 1. The number of piperidine rings is 1. The predicted octanol–water partition coefficient (Wildman–Crippen LogP) is 2.03. The van der Waals surface area contributed by atoms with Crippen molar-refractivity contribution in [3.05, 3.63) is 22.7 Å². The summed E-state index contributed by atoms with van der Waals surface area (Å²) in [6, 6.07) is 0.0351. The minimum Gasteiger partial charge on any atom is -0.378 e. The van der Waals surface area contributed by atoms with Crippen LogP contribution in [0, 0.1) is 12.7 Å². The van der Waals surface area contributed by atoms with Crippen LogP contribution in [0.4, 0.5) is 10.3 Å². The lowest BCUT2D eigenvalue weighted by Crippen LogP contribution is -2.42. The molecule has 0 atom stereocenters. The van der Waals surface area contributed by atoms with Gasteiger partial charge >= 0.3 is 0 Å². The van der Waals surface area contributed by atoms with E-state index in [0.29, 0.717) is 49.1 Å². The number of ether oxygens (including phenoxy) is 1. The fourth-order valence-electron chi connectivity index (χ4n) is 2.97. The van der Waals surface area contributed by atoms with Gasteiger partial charge in [-0.05, 0) is 19.8 Å². The predicted molar refractivity (Wildman–Crippen MR) is 102 cm³/mol. The second kappa shape index (κ2) is 8.13. The molecule has 148 valence electrons. The van der Waals surface area contributed by atoms with Crippen LogP contribution in [0.2, 0.25) is 0 Å². The molecule has 1 saturated heterocycles. The fourth-order valence-corrected chi connectivity index (χ4v) is 4.87. The van der Waals surface area contributed by atoms with Crippen molar-refractivity contribution in [3.8, 4) is 10.6 Å². The van der Waals surface area contributed by atoms with Crippen LogP contribution in [0.3, 0.4) is 0 Å². The Kier molecular flexibility index (Phi) is 6.04. The van der Waals surface area contributed by atoms with E-state index >= 15 is 0 Å². The van der Waals surface area contributed by atoms with Crippen molar-refractivity contribution in [1.29, 1.82) is 0 Å². The smallest absolute Gasteiger partial charge is 0.223 e. The van der Waals surface area contributed by atoms with Crippen molar-refractivity contribution < 1.29 is 17.5 Å². The van der Waals surface area contributed by atoms with Crippen LogP contribution in [-0.4, -0.2) is 60.2 Å².